The van der Waals surface area contributed by atoms with E-state index in [2.05, 4.69) is 27.3 Å². The molecule has 1 unspecified atom stereocenters. The van der Waals surface area contributed by atoms with Crippen LogP contribution in [0.3, 0.4) is 0 Å². The van der Waals surface area contributed by atoms with Crippen LogP contribution in [0.1, 0.15) is 42.2 Å². The number of fused-ring (bicyclic) bond motifs is 1. The van der Waals surface area contributed by atoms with E-state index < -0.39 is 0 Å². The number of halogens is 1. The Labute approximate surface area is 134 Å². The maximum absolute atomic E-state index is 5.47. The molecule has 114 valence electrons. The summed E-state index contributed by atoms with van der Waals surface area (Å²) in [4.78, 5) is 1.56. The molecule has 1 aromatic rings. The molecule has 0 aliphatic heterocycles. The Hall–Kier alpha value is 0.0600. The van der Waals surface area contributed by atoms with Gasteiger partial charge in [0.25, 0.3) is 0 Å². The van der Waals surface area contributed by atoms with Crippen molar-refractivity contribution in [2.75, 3.05) is 33.5 Å². The lowest BCUT2D eigenvalue weighted by atomic mass is 9.94. The number of unbranched alkanes of at least 4 members (excludes halogenated alkanes) is 1. The van der Waals surface area contributed by atoms with E-state index >= 15 is 0 Å². The van der Waals surface area contributed by atoms with E-state index in [-0.39, 0.29) is 0 Å². The van der Waals surface area contributed by atoms with Gasteiger partial charge in [-0.1, -0.05) is 0 Å². The van der Waals surface area contributed by atoms with Gasteiger partial charge in [0.15, 0.2) is 0 Å². The van der Waals surface area contributed by atoms with Gasteiger partial charge in [-0.3, -0.25) is 0 Å². The summed E-state index contributed by atoms with van der Waals surface area (Å²) in [7, 11) is 1.70. The zero-order valence-electron chi connectivity index (χ0n) is 12.1. The monoisotopic (exact) mass is 361 g/mol. The Bertz CT molecular complexity index is 397. The van der Waals surface area contributed by atoms with Gasteiger partial charge in [-0.05, 0) is 66.2 Å². The maximum atomic E-state index is 5.47. The van der Waals surface area contributed by atoms with Gasteiger partial charge in [0.05, 0.1) is 17.0 Å². The second-order valence-corrected chi connectivity index (χ2v) is 7.66. The van der Waals surface area contributed by atoms with Crippen LogP contribution >= 0.6 is 27.3 Å². The number of hydrogen-bond donors (Lipinski definition) is 1. The molecule has 1 N–H and O–H groups in total. The summed E-state index contributed by atoms with van der Waals surface area (Å²) in [6.45, 7) is 3.31. The molecule has 2 rings (SSSR count). The third kappa shape index (κ3) is 5.11. The van der Waals surface area contributed by atoms with Crippen LogP contribution in [0.2, 0.25) is 0 Å². The number of hydrogen-bond acceptors (Lipinski definition) is 4. The van der Waals surface area contributed by atoms with Gasteiger partial charge in [0, 0.05) is 24.6 Å². The van der Waals surface area contributed by atoms with E-state index in [4.69, 9.17) is 9.47 Å². The van der Waals surface area contributed by atoms with Crippen molar-refractivity contribution in [1.82, 2.24) is 5.32 Å². The Morgan fingerprint density at radius 2 is 2.25 bits per heavy atom. The Morgan fingerprint density at radius 3 is 3.10 bits per heavy atom. The van der Waals surface area contributed by atoms with E-state index in [9.17, 15) is 0 Å². The Kier molecular flexibility index (Phi) is 7.52. The lowest BCUT2D eigenvalue weighted by molar-refractivity contribution is 0.0687. The molecule has 1 aliphatic rings. The van der Waals surface area contributed by atoms with Crippen LogP contribution in [0.4, 0.5) is 0 Å². The topological polar surface area (TPSA) is 30.5 Å². The molecule has 3 nitrogen and oxygen atoms in total. The van der Waals surface area contributed by atoms with Crippen molar-refractivity contribution in [3.8, 4) is 0 Å². The second-order valence-electron chi connectivity index (χ2n) is 5.14. The lowest BCUT2D eigenvalue weighted by Gasteiger charge is -2.23. The van der Waals surface area contributed by atoms with E-state index in [0.29, 0.717) is 19.3 Å². The van der Waals surface area contributed by atoms with Crippen molar-refractivity contribution in [3.05, 3.63) is 20.3 Å². The van der Waals surface area contributed by atoms with Crippen molar-refractivity contribution in [2.24, 2.45) is 0 Å². The van der Waals surface area contributed by atoms with E-state index in [1.807, 2.05) is 11.3 Å². The van der Waals surface area contributed by atoms with Gasteiger partial charge in [0.2, 0.25) is 0 Å². The Balaban J connectivity index is 1.61. The van der Waals surface area contributed by atoms with Crippen molar-refractivity contribution in [2.45, 2.75) is 38.1 Å². The molecule has 0 fully saturated rings. The van der Waals surface area contributed by atoms with Crippen molar-refractivity contribution in [1.29, 1.82) is 0 Å². The molecule has 1 aliphatic carbocycles. The number of ether oxygens (including phenoxy) is 2. The summed E-state index contributed by atoms with van der Waals surface area (Å²) in [5, 5.41) is 3.70. The standard InChI is InChI=1S/C15H24BrNO2S/c1-18-9-10-19-8-3-2-7-17-13-5-4-6-14-12(13)11-15(16)20-14/h11,13,17H,2-10H2,1H3. The minimum atomic E-state index is 0.552. The normalized spacial score (nSPS) is 18.2. The Morgan fingerprint density at radius 1 is 1.35 bits per heavy atom. The largest absolute Gasteiger partial charge is 0.382 e. The van der Waals surface area contributed by atoms with Crippen LogP contribution in [0, 0.1) is 0 Å². The molecule has 0 radical (unpaired) electrons. The highest BCUT2D eigenvalue weighted by Crippen LogP contribution is 2.37. The number of methoxy groups -OCH3 is 1. The lowest BCUT2D eigenvalue weighted by Crippen LogP contribution is -2.25. The molecule has 1 atom stereocenters. The molecule has 0 amide bonds. The van der Waals surface area contributed by atoms with Crippen LogP contribution in [-0.4, -0.2) is 33.5 Å². The second kappa shape index (κ2) is 9.15. The van der Waals surface area contributed by atoms with Gasteiger partial charge in [0.1, 0.15) is 0 Å². The minimum absolute atomic E-state index is 0.552. The van der Waals surface area contributed by atoms with Crippen LogP contribution in [0.15, 0.2) is 9.85 Å². The first kappa shape index (κ1) is 16.4. The van der Waals surface area contributed by atoms with Gasteiger partial charge in [-0.25, -0.2) is 0 Å². The fourth-order valence-electron chi connectivity index (χ4n) is 2.58. The van der Waals surface area contributed by atoms with Crippen molar-refractivity contribution in [3.63, 3.8) is 0 Å². The maximum Gasteiger partial charge on any atom is 0.0704 e. The summed E-state index contributed by atoms with van der Waals surface area (Å²) in [5.41, 5.74) is 1.52. The molecular weight excluding hydrogens is 338 g/mol. The molecule has 20 heavy (non-hydrogen) atoms. The third-order valence-corrected chi connectivity index (χ3v) is 5.34. The van der Waals surface area contributed by atoms with E-state index in [1.54, 1.807) is 12.0 Å². The molecule has 0 saturated carbocycles. The molecule has 1 heterocycles. The van der Waals surface area contributed by atoms with Crippen molar-refractivity contribution >= 4 is 27.3 Å². The van der Waals surface area contributed by atoms with Gasteiger partial charge in [-0.15, -0.1) is 11.3 Å². The van der Waals surface area contributed by atoms with Gasteiger partial charge < -0.3 is 14.8 Å². The van der Waals surface area contributed by atoms with Crippen LogP contribution < -0.4 is 5.32 Å². The molecule has 0 saturated heterocycles. The fourth-order valence-corrected chi connectivity index (χ4v) is 4.40. The predicted octanol–water partition coefficient (Wildman–Crippen LogP) is 3.92. The summed E-state index contributed by atoms with van der Waals surface area (Å²) < 4.78 is 11.7. The molecule has 0 bridgehead atoms. The first-order valence-electron chi connectivity index (χ1n) is 7.39. The van der Waals surface area contributed by atoms with Crippen LogP contribution in [-0.2, 0) is 15.9 Å². The molecular formula is C15H24BrNO2S. The number of rotatable bonds is 9. The zero-order chi connectivity index (χ0) is 14.2. The zero-order valence-corrected chi connectivity index (χ0v) is 14.5. The highest BCUT2D eigenvalue weighted by Gasteiger charge is 2.21. The highest BCUT2D eigenvalue weighted by molar-refractivity contribution is 9.11. The SMILES string of the molecule is COCCOCCCCNC1CCCc2sc(Br)cc21. The van der Waals surface area contributed by atoms with Gasteiger partial charge >= 0.3 is 0 Å². The number of nitrogens with one attached hydrogen (secondary N) is 1. The summed E-state index contributed by atoms with van der Waals surface area (Å²) >= 11 is 5.50. The average molecular weight is 362 g/mol. The summed E-state index contributed by atoms with van der Waals surface area (Å²) in [5.74, 6) is 0. The van der Waals surface area contributed by atoms with Gasteiger partial charge in [-0.2, -0.15) is 0 Å². The first-order chi connectivity index (χ1) is 9.81. The minimum Gasteiger partial charge on any atom is -0.382 e. The molecule has 5 heteroatoms. The molecule has 1 aromatic heterocycles. The van der Waals surface area contributed by atoms with E-state index in [1.165, 1.54) is 35.0 Å². The number of thiophene rings is 1. The third-order valence-electron chi connectivity index (χ3n) is 3.62. The number of aryl methyl sites for hydroxylation is 1. The smallest absolute Gasteiger partial charge is 0.0704 e. The predicted molar refractivity (Wildman–Crippen MR) is 87.6 cm³/mol. The summed E-state index contributed by atoms with van der Waals surface area (Å²) in [6, 6.07) is 2.85. The quantitative estimate of drug-likeness (QED) is 0.676. The molecule has 0 spiro atoms. The van der Waals surface area contributed by atoms with Crippen LogP contribution in [0.5, 0.6) is 0 Å². The first-order valence-corrected chi connectivity index (χ1v) is 9.00. The summed E-state index contributed by atoms with van der Waals surface area (Å²) in [6.07, 6.45) is 6.10. The fraction of sp³-hybridized carbons (Fsp3) is 0.733. The highest BCUT2D eigenvalue weighted by atomic mass is 79.9. The molecule has 0 aromatic carbocycles. The average Bonchev–Trinajstić information content (AvgIpc) is 2.83. The van der Waals surface area contributed by atoms with Crippen LogP contribution in [0.25, 0.3) is 0 Å². The van der Waals surface area contributed by atoms with E-state index in [0.717, 1.165) is 19.6 Å². The van der Waals surface area contributed by atoms with Crippen molar-refractivity contribution < 1.29 is 9.47 Å².